The molecule has 0 aliphatic heterocycles. The van der Waals surface area contributed by atoms with E-state index in [0.29, 0.717) is 6.04 Å². The number of allylic oxidation sites excluding steroid dienone is 2. The Morgan fingerprint density at radius 2 is 1.00 bits per heavy atom. The maximum absolute atomic E-state index is 5.52. The zero-order valence-electron chi connectivity index (χ0n) is 24.2. The summed E-state index contributed by atoms with van der Waals surface area (Å²) < 4.78 is 0. The molecule has 0 radical (unpaired) electrons. The lowest BCUT2D eigenvalue weighted by atomic mass is 10.0. The van der Waals surface area contributed by atoms with Gasteiger partial charge in [0.2, 0.25) is 0 Å². The Morgan fingerprint density at radius 1 is 0.514 bits per heavy atom. The van der Waals surface area contributed by atoms with Gasteiger partial charge in [-0.2, -0.15) is 0 Å². The number of hydrogen-bond acceptors (Lipinski definition) is 4. The molecule has 0 saturated carbocycles. The van der Waals surface area contributed by atoms with Gasteiger partial charge in [-0.05, 0) is 97.1 Å². The van der Waals surface area contributed by atoms with Gasteiger partial charge in [-0.15, -0.1) is 0 Å². The van der Waals surface area contributed by atoms with Crippen molar-refractivity contribution in [1.82, 2.24) is 16.0 Å². The second-order valence-electron chi connectivity index (χ2n) is 10.5. The summed E-state index contributed by atoms with van der Waals surface area (Å²) in [6.07, 6.45) is 31.7. The second kappa shape index (κ2) is 31.6. The van der Waals surface area contributed by atoms with E-state index in [1.807, 2.05) is 0 Å². The molecule has 0 aromatic rings. The van der Waals surface area contributed by atoms with E-state index in [-0.39, 0.29) is 0 Å². The molecule has 5 N–H and O–H groups in total. The molecule has 0 aliphatic rings. The van der Waals surface area contributed by atoms with Crippen LogP contribution in [0.2, 0.25) is 0 Å². The highest BCUT2D eigenvalue weighted by Gasteiger charge is 2.07. The number of nitrogens with one attached hydrogen (secondary N) is 3. The monoisotopic (exact) mass is 495 g/mol. The van der Waals surface area contributed by atoms with Crippen molar-refractivity contribution in [1.29, 1.82) is 0 Å². The SMILES string of the molecule is CCCCCCCCC=CCCCC(CCCCCCCC)NCCCNCCCNCCCN. The molecule has 4 heteroatoms. The molecule has 1 atom stereocenters. The van der Waals surface area contributed by atoms with Gasteiger partial charge in [-0.3, -0.25) is 0 Å². The van der Waals surface area contributed by atoms with Gasteiger partial charge in [0.15, 0.2) is 0 Å². The third kappa shape index (κ3) is 29.7. The molecule has 0 aliphatic carbocycles. The lowest BCUT2D eigenvalue weighted by Gasteiger charge is -2.19. The molecule has 35 heavy (non-hydrogen) atoms. The maximum atomic E-state index is 5.52. The Hall–Kier alpha value is -0.420. The maximum Gasteiger partial charge on any atom is 0.00671 e. The lowest BCUT2D eigenvalue weighted by molar-refractivity contribution is 0.416. The fourth-order valence-corrected chi connectivity index (χ4v) is 4.61. The zero-order valence-corrected chi connectivity index (χ0v) is 24.2. The van der Waals surface area contributed by atoms with E-state index in [1.54, 1.807) is 0 Å². The van der Waals surface area contributed by atoms with Crippen molar-refractivity contribution in [2.24, 2.45) is 5.73 Å². The van der Waals surface area contributed by atoms with Crippen LogP contribution in [0.5, 0.6) is 0 Å². The predicted octanol–water partition coefficient (Wildman–Crippen LogP) is 7.48. The normalized spacial score (nSPS) is 12.7. The average Bonchev–Trinajstić information content (AvgIpc) is 2.87. The van der Waals surface area contributed by atoms with Gasteiger partial charge in [0.05, 0.1) is 0 Å². The van der Waals surface area contributed by atoms with Crippen LogP contribution in [0.25, 0.3) is 0 Å². The summed E-state index contributed by atoms with van der Waals surface area (Å²) in [5.74, 6) is 0. The van der Waals surface area contributed by atoms with Crippen molar-refractivity contribution in [3.63, 3.8) is 0 Å². The standard InChI is InChI=1S/C31H66N4/c1-3-5-7-9-11-12-13-14-15-17-19-24-31(23-18-16-10-8-6-4-2)35-30-22-29-34-28-21-27-33-26-20-25-32/h14-15,31,33-35H,3-13,16-30,32H2,1-2H3. The molecule has 1 unspecified atom stereocenters. The molecule has 210 valence electrons. The van der Waals surface area contributed by atoms with E-state index in [0.717, 1.165) is 45.7 Å². The van der Waals surface area contributed by atoms with E-state index in [2.05, 4.69) is 41.9 Å². The first-order valence-corrected chi connectivity index (χ1v) is 15.8. The van der Waals surface area contributed by atoms with Crippen LogP contribution in [0.15, 0.2) is 12.2 Å². The number of nitrogens with two attached hydrogens (primary N) is 1. The Morgan fingerprint density at radius 3 is 1.63 bits per heavy atom. The van der Waals surface area contributed by atoms with Crippen molar-refractivity contribution in [3.05, 3.63) is 12.2 Å². The Kier molecular flexibility index (Phi) is 31.2. The molecule has 0 amide bonds. The van der Waals surface area contributed by atoms with Gasteiger partial charge in [0.1, 0.15) is 0 Å². The zero-order chi connectivity index (χ0) is 25.5. The lowest BCUT2D eigenvalue weighted by Crippen LogP contribution is -2.32. The summed E-state index contributed by atoms with van der Waals surface area (Å²) in [7, 11) is 0. The van der Waals surface area contributed by atoms with Crippen LogP contribution in [0.4, 0.5) is 0 Å². The van der Waals surface area contributed by atoms with Crippen molar-refractivity contribution < 1.29 is 0 Å². The molecular formula is C31H66N4. The van der Waals surface area contributed by atoms with Gasteiger partial charge in [-0.25, -0.2) is 0 Å². The second-order valence-corrected chi connectivity index (χ2v) is 10.5. The van der Waals surface area contributed by atoms with Crippen LogP contribution in [0.3, 0.4) is 0 Å². The summed E-state index contributed by atoms with van der Waals surface area (Å²) in [6.45, 7) is 10.9. The number of unbranched alkanes of at least 4 members (excludes halogenated alkanes) is 12. The number of rotatable bonds is 30. The summed E-state index contributed by atoms with van der Waals surface area (Å²) in [5.41, 5.74) is 5.52. The van der Waals surface area contributed by atoms with Crippen LogP contribution >= 0.6 is 0 Å². The van der Waals surface area contributed by atoms with E-state index < -0.39 is 0 Å². The van der Waals surface area contributed by atoms with Crippen LogP contribution in [-0.2, 0) is 0 Å². The van der Waals surface area contributed by atoms with Gasteiger partial charge >= 0.3 is 0 Å². The minimum absolute atomic E-state index is 0.708. The molecule has 0 rings (SSSR count). The van der Waals surface area contributed by atoms with Crippen LogP contribution < -0.4 is 21.7 Å². The first-order chi connectivity index (χ1) is 17.3. The quantitative estimate of drug-likeness (QED) is 0.0617. The van der Waals surface area contributed by atoms with E-state index in [4.69, 9.17) is 5.73 Å². The van der Waals surface area contributed by atoms with Gasteiger partial charge in [-0.1, -0.05) is 96.6 Å². The number of hydrogen-bond donors (Lipinski definition) is 4. The Balaban J connectivity index is 3.86. The van der Waals surface area contributed by atoms with E-state index >= 15 is 0 Å². The Labute approximate surface area is 221 Å². The summed E-state index contributed by atoms with van der Waals surface area (Å²) in [5, 5.41) is 10.9. The van der Waals surface area contributed by atoms with Crippen LogP contribution in [-0.4, -0.2) is 45.3 Å². The van der Waals surface area contributed by atoms with Crippen LogP contribution in [0.1, 0.15) is 142 Å². The minimum Gasteiger partial charge on any atom is -0.330 e. The van der Waals surface area contributed by atoms with Crippen molar-refractivity contribution in [2.75, 3.05) is 39.3 Å². The smallest absolute Gasteiger partial charge is 0.00671 e. The molecule has 0 aromatic carbocycles. The van der Waals surface area contributed by atoms with Crippen LogP contribution in [0, 0.1) is 0 Å². The van der Waals surface area contributed by atoms with Gasteiger partial charge in [0, 0.05) is 6.04 Å². The summed E-state index contributed by atoms with van der Waals surface area (Å²) in [4.78, 5) is 0. The molecule has 0 heterocycles. The molecule has 4 nitrogen and oxygen atoms in total. The minimum atomic E-state index is 0.708. The van der Waals surface area contributed by atoms with Gasteiger partial charge < -0.3 is 21.7 Å². The van der Waals surface area contributed by atoms with Crippen molar-refractivity contribution in [2.45, 2.75) is 148 Å². The van der Waals surface area contributed by atoms with Crippen molar-refractivity contribution >= 4 is 0 Å². The van der Waals surface area contributed by atoms with E-state index in [1.165, 1.54) is 122 Å². The topological polar surface area (TPSA) is 62.1 Å². The first kappa shape index (κ1) is 34.6. The van der Waals surface area contributed by atoms with E-state index in [9.17, 15) is 0 Å². The average molecular weight is 495 g/mol. The largest absolute Gasteiger partial charge is 0.330 e. The molecule has 0 fully saturated rings. The van der Waals surface area contributed by atoms with Crippen molar-refractivity contribution in [3.8, 4) is 0 Å². The highest BCUT2D eigenvalue weighted by atomic mass is 14.9. The summed E-state index contributed by atoms with van der Waals surface area (Å²) >= 11 is 0. The molecular weight excluding hydrogens is 428 g/mol. The molecule has 0 aromatic heterocycles. The summed E-state index contributed by atoms with van der Waals surface area (Å²) in [6, 6.07) is 0.708. The Bertz CT molecular complexity index is 399. The molecule has 0 spiro atoms. The molecule has 0 bridgehead atoms. The highest BCUT2D eigenvalue weighted by molar-refractivity contribution is 4.82. The molecule has 0 saturated heterocycles. The first-order valence-electron chi connectivity index (χ1n) is 15.8. The third-order valence-corrected chi connectivity index (χ3v) is 6.95. The third-order valence-electron chi connectivity index (χ3n) is 6.95. The highest BCUT2D eigenvalue weighted by Crippen LogP contribution is 2.13. The fourth-order valence-electron chi connectivity index (χ4n) is 4.61. The van der Waals surface area contributed by atoms with Gasteiger partial charge in [0.25, 0.3) is 0 Å². The fraction of sp³-hybridized carbons (Fsp3) is 0.935. The predicted molar refractivity (Wildman–Crippen MR) is 159 cm³/mol.